The molecule has 2 rings (SSSR count). The molecule has 5 heteroatoms. The maximum Gasteiger partial charge on any atom is 0.228 e. The van der Waals surface area contributed by atoms with Crippen molar-refractivity contribution in [2.75, 3.05) is 6.54 Å². The molecule has 1 N–H and O–H groups in total. The van der Waals surface area contributed by atoms with Crippen molar-refractivity contribution in [1.29, 1.82) is 0 Å². The van der Waals surface area contributed by atoms with Gasteiger partial charge < -0.3 is 9.88 Å². The molecule has 17 heavy (non-hydrogen) atoms. The van der Waals surface area contributed by atoms with E-state index in [1.807, 2.05) is 11.8 Å². The monoisotopic (exact) mass is 268 g/mol. The van der Waals surface area contributed by atoms with Gasteiger partial charge in [-0.3, -0.25) is 4.79 Å². The fourth-order valence-corrected chi connectivity index (χ4v) is 3.11. The van der Waals surface area contributed by atoms with Crippen LogP contribution >= 0.6 is 23.6 Å². The normalized spacial score (nSPS) is 14.6. The van der Waals surface area contributed by atoms with Crippen LogP contribution in [0.2, 0.25) is 0 Å². The van der Waals surface area contributed by atoms with Gasteiger partial charge in [0.25, 0.3) is 0 Å². The SMILES string of the molecule is C=CCN(C(=O)Cc1sc(=S)[nH]c1C)C1CC1. The summed E-state index contributed by atoms with van der Waals surface area (Å²) in [4.78, 5) is 18.2. The molecule has 0 atom stereocenters. The molecule has 3 nitrogen and oxygen atoms in total. The van der Waals surface area contributed by atoms with Crippen molar-refractivity contribution in [1.82, 2.24) is 9.88 Å². The minimum Gasteiger partial charge on any atom is -0.341 e. The molecule has 0 aromatic carbocycles. The minimum atomic E-state index is 0.181. The van der Waals surface area contributed by atoms with Crippen molar-refractivity contribution in [3.63, 3.8) is 0 Å². The lowest BCUT2D eigenvalue weighted by Gasteiger charge is -2.20. The molecule has 1 saturated carbocycles. The van der Waals surface area contributed by atoms with Gasteiger partial charge in [0.2, 0.25) is 5.91 Å². The number of aryl methyl sites for hydroxylation is 1. The molecule has 1 amide bonds. The molecule has 1 heterocycles. The topological polar surface area (TPSA) is 36.1 Å². The average Bonchev–Trinajstić information content (AvgIpc) is 3.03. The fourth-order valence-electron chi connectivity index (χ4n) is 1.82. The second kappa shape index (κ2) is 5.14. The molecule has 0 unspecified atom stereocenters. The van der Waals surface area contributed by atoms with E-state index in [1.165, 1.54) is 11.3 Å². The van der Waals surface area contributed by atoms with E-state index in [0.717, 1.165) is 27.4 Å². The smallest absolute Gasteiger partial charge is 0.228 e. The van der Waals surface area contributed by atoms with E-state index in [1.54, 1.807) is 6.08 Å². The molecule has 1 fully saturated rings. The Morgan fingerprint density at radius 2 is 2.41 bits per heavy atom. The van der Waals surface area contributed by atoms with E-state index in [4.69, 9.17) is 12.2 Å². The van der Waals surface area contributed by atoms with Gasteiger partial charge in [0.05, 0.1) is 6.42 Å². The fraction of sp³-hybridized carbons (Fsp3) is 0.500. The molecular formula is C12H16N2OS2. The number of thiazole rings is 1. The van der Waals surface area contributed by atoms with E-state index < -0.39 is 0 Å². The van der Waals surface area contributed by atoms with Gasteiger partial charge in [0.15, 0.2) is 3.95 Å². The van der Waals surface area contributed by atoms with Crippen LogP contribution in [0.15, 0.2) is 12.7 Å². The van der Waals surface area contributed by atoms with Gasteiger partial charge in [-0.15, -0.1) is 17.9 Å². The molecule has 1 aromatic rings. The maximum absolute atomic E-state index is 12.2. The van der Waals surface area contributed by atoms with Crippen LogP contribution in [-0.2, 0) is 11.2 Å². The van der Waals surface area contributed by atoms with Crippen LogP contribution in [0.1, 0.15) is 23.4 Å². The van der Waals surface area contributed by atoms with Crippen LogP contribution in [0, 0.1) is 10.9 Å². The first kappa shape index (κ1) is 12.5. The summed E-state index contributed by atoms with van der Waals surface area (Å²) >= 11 is 6.57. The summed E-state index contributed by atoms with van der Waals surface area (Å²) in [7, 11) is 0. The number of nitrogens with one attached hydrogen (secondary N) is 1. The Morgan fingerprint density at radius 3 is 2.88 bits per heavy atom. The van der Waals surface area contributed by atoms with Gasteiger partial charge in [-0.25, -0.2) is 0 Å². The van der Waals surface area contributed by atoms with Crippen molar-refractivity contribution < 1.29 is 4.79 Å². The number of aromatic amines is 1. The van der Waals surface area contributed by atoms with Crippen molar-refractivity contribution in [3.8, 4) is 0 Å². The molecule has 1 aliphatic carbocycles. The number of aromatic nitrogens is 1. The Bertz CT molecular complexity index is 485. The number of H-pyrrole nitrogens is 1. The molecule has 92 valence electrons. The summed E-state index contributed by atoms with van der Waals surface area (Å²) < 4.78 is 0.743. The number of hydrogen-bond acceptors (Lipinski definition) is 3. The first-order valence-corrected chi connectivity index (χ1v) is 6.93. The maximum atomic E-state index is 12.2. The van der Waals surface area contributed by atoms with Gasteiger partial charge in [-0.2, -0.15) is 0 Å². The van der Waals surface area contributed by atoms with Crippen LogP contribution in [0.5, 0.6) is 0 Å². The van der Waals surface area contributed by atoms with Gasteiger partial charge in [-0.1, -0.05) is 6.08 Å². The highest BCUT2D eigenvalue weighted by Crippen LogP contribution is 2.28. The molecule has 0 saturated heterocycles. The minimum absolute atomic E-state index is 0.181. The molecule has 0 aliphatic heterocycles. The highest BCUT2D eigenvalue weighted by molar-refractivity contribution is 7.73. The first-order chi connectivity index (χ1) is 8.11. The highest BCUT2D eigenvalue weighted by Gasteiger charge is 2.31. The van der Waals surface area contributed by atoms with E-state index in [0.29, 0.717) is 19.0 Å². The van der Waals surface area contributed by atoms with Crippen molar-refractivity contribution in [3.05, 3.63) is 27.2 Å². The van der Waals surface area contributed by atoms with Crippen molar-refractivity contribution >= 4 is 29.5 Å². The summed E-state index contributed by atoms with van der Waals surface area (Å²) in [5.74, 6) is 0.181. The summed E-state index contributed by atoms with van der Waals surface area (Å²) in [6, 6.07) is 0.438. The quantitative estimate of drug-likeness (QED) is 0.658. The zero-order chi connectivity index (χ0) is 12.4. The summed E-state index contributed by atoms with van der Waals surface area (Å²) in [6.07, 6.45) is 4.50. The molecule has 0 bridgehead atoms. The van der Waals surface area contributed by atoms with Crippen molar-refractivity contribution in [2.24, 2.45) is 0 Å². The molecule has 0 radical (unpaired) electrons. The summed E-state index contributed by atoms with van der Waals surface area (Å²) in [6.45, 7) is 6.32. The molecule has 1 aromatic heterocycles. The zero-order valence-electron chi connectivity index (χ0n) is 9.86. The predicted molar refractivity (Wildman–Crippen MR) is 72.9 cm³/mol. The first-order valence-electron chi connectivity index (χ1n) is 5.70. The van der Waals surface area contributed by atoms with Gasteiger partial charge in [-0.05, 0) is 32.0 Å². The number of carbonyl (C=O) groups is 1. The number of amides is 1. The molecular weight excluding hydrogens is 252 g/mol. The van der Waals surface area contributed by atoms with E-state index in [2.05, 4.69) is 11.6 Å². The Hall–Kier alpha value is -0.940. The third-order valence-corrected chi connectivity index (χ3v) is 4.21. The number of carbonyl (C=O) groups excluding carboxylic acids is 1. The second-order valence-corrected chi connectivity index (χ2v) is 6.08. The highest BCUT2D eigenvalue weighted by atomic mass is 32.1. The third-order valence-electron chi connectivity index (χ3n) is 2.87. The number of hydrogen-bond donors (Lipinski definition) is 1. The predicted octanol–water partition coefficient (Wildman–Crippen LogP) is 2.83. The van der Waals surface area contributed by atoms with Crippen LogP contribution in [0.4, 0.5) is 0 Å². The lowest BCUT2D eigenvalue weighted by Crippen LogP contribution is -2.34. The standard InChI is InChI=1S/C12H16N2OS2/c1-3-6-14(9-4-5-9)11(15)7-10-8(2)13-12(16)17-10/h3,9H,1,4-7H2,2H3,(H,13,16). The van der Waals surface area contributed by atoms with Crippen LogP contribution < -0.4 is 0 Å². The summed E-state index contributed by atoms with van der Waals surface area (Å²) in [5.41, 5.74) is 1.02. The van der Waals surface area contributed by atoms with E-state index in [9.17, 15) is 4.79 Å². The van der Waals surface area contributed by atoms with Gasteiger partial charge in [0, 0.05) is 23.2 Å². The van der Waals surface area contributed by atoms with Crippen LogP contribution in [0.25, 0.3) is 0 Å². The molecule has 0 spiro atoms. The lowest BCUT2D eigenvalue weighted by atomic mass is 10.2. The van der Waals surface area contributed by atoms with Crippen molar-refractivity contribution in [2.45, 2.75) is 32.2 Å². The van der Waals surface area contributed by atoms with E-state index in [-0.39, 0.29) is 5.91 Å². The summed E-state index contributed by atoms with van der Waals surface area (Å²) in [5, 5.41) is 0. The average molecular weight is 268 g/mol. The largest absolute Gasteiger partial charge is 0.341 e. The van der Waals surface area contributed by atoms with Crippen LogP contribution in [-0.4, -0.2) is 28.4 Å². The van der Waals surface area contributed by atoms with Crippen LogP contribution in [0.3, 0.4) is 0 Å². The molecule has 1 aliphatic rings. The number of nitrogens with zero attached hydrogens (tertiary/aromatic N) is 1. The lowest BCUT2D eigenvalue weighted by molar-refractivity contribution is -0.130. The second-order valence-electron chi connectivity index (χ2n) is 4.31. The van der Waals surface area contributed by atoms with Gasteiger partial charge >= 0.3 is 0 Å². The Morgan fingerprint density at radius 1 is 1.71 bits per heavy atom. The zero-order valence-corrected chi connectivity index (χ0v) is 11.5. The number of rotatable bonds is 5. The Kier molecular flexibility index (Phi) is 3.79. The van der Waals surface area contributed by atoms with Gasteiger partial charge in [0.1, 0.15) is 0 Å². The Balaban J connectivity index is 2.06. The third kappa shape index (κ3) is 3.04. The van der Waals surface area contributed by atoms with E-state index >= 15 is 0 Å². The Labute approximate surface area is 110 Å².